The van der Waals surface area contributed by atoms with Crippen LogP contribution in [0.3, 0.4) is 0 Å². The van der Waals surface area contributed by atoms with Crippen molar-refractivity contribution in [3.63, 3.8) is 0 Å². The van der Waals surface area contributed by atoms with Crippen molar-refractivity contribution in [2.24, 2.45) is 16.3 Å². The maximum absolute atomic E-state index is 11.9. The third-order valence-corrected chi connectivity index (χ3v) is 5.87. The van der Waals surface area contributed by atoms with Gasteiger partial charge in [-0.3, -0.25) is 4.79 Å². The van der Waals surface area contributed by atoms with Gasteiger partial charge in [-0.15, -0.1) is 0 Å². The first-order valence-corrected chi connectivity index (χ1v) is 10.3. The molecule has 2 fully saturated rings. The standard InChI is InChI=1S/C20H38N4O2/c1-5-26-13-12-20(10-11-20)15-22-19(21-14-18(25)24(3)4)23-17-9-7-6-8-16(17)2/h16-17H,5-15H2,1-4H3,(H2,21,22,23). The molecule has 0 aromatic heterocycles. The zero-order valence-corrected chi connectivity index (χ0v) is 17.1. The number of aliphatic imine (C=N–C) groups is 1. The predicted octanol–water partition coefficient (Wildman–Crippen LogP) is 2.40. The van der Waals surface area contributed by atoms with Gasteiger partial charge in [-0.25, -0.2) is 4.99 Å². The van der Waals surface area contributed by atoms with E-state index >= 15 is 0 Å². The van der Waals surface area contributed by atoms with Crippen LogP contribution < -0.4 is 10.6 Å². The Balaban J connectivity index is 1.91. The first kappa shape index (κ1) is 21.0. The summed E-state index contributed by atoms with van der Waals surface area (Å²) < 4.78 is 5.53. The average Bonchev–Trinajstić information content (AvgIpc) is 3.39. The van der Waals surface area contributed by atoms with Crippen LogP contribution in [0.5, 0.6) is 0 Å². The SMILES string of the molecule is CCOCCC1(CNC(=NCC(=O)N(C)C)NC2CCCCC2C)CC1. The lowest BCUT2D eigenvalue weighted by molar-refractivity contribution is -0.127. The molecule has 0 aromatic carbocycles. The van der Waals surface area contributed by atoms with Crippen LogP contribution in [-0.4, -0.2) is 63.2 Å². The molecule has 6 heteroatoms. The van der Waals surface area contributed by atoms with Crippen LogP contribution in [0.25, 0.3) is 0 Å². The van der Waals surface area contributed by atoms with Crippen LogP contribution >= 0.6 is 0 Å². The largest absolute Gasteiger partial charge is 0.382 e. The monoisotopic (exact) mass is 366 g/mol. The van der Waals surface area contributed by atoms with E-state index in [1.807, 2.05) is 6.92 Å². The molecule has 2 aliphatic rings. The van der Waals surface area contributed by atoms with Crippen molar-refractivity contribution in [2.45, 2.75) is 64.8 Å². The van der Waals surface area contributed by atoms with E-state index in [2.05, 4.69) is 22.5 Å². The molecule has 0 aliphatic heterocycles. The number of ether oxygens (including phenoxy) is 1. The van der Waals surface area contributed by atoms with Crippen molar-refractivity contribution in [1.29, 1.82) is 0 Å². The third kappa shape index (κ3) is 6.78. The van der Waals surface area contributed by atoms with Crippen molar-refractivity contribution in [2.75, 3.05) is 40.4 Å². The number of rotatable bonds is 9. The van der Waals surface area contributed by atoms with Gasteiger partial charge in [0.25, 0.3) is 0 Å². The lowest BCUT2D eigenvalue weighted by atomic mass is 9.86. The normalized spacial score (nSPS) is 24.8. The Hall–Kier alpha value is -1.30. The first-order chi connectivity index (χ1) is 12.5. The summed E-state index contributed by atoms with van der Waals surface area (Å²) in [5.41, 5.74) is 0.349. The molecular formula is C20H38N4O2. The number of carbonyl (C=O) groups excluding carboxylic acids is 1. The van der Waals surface area contributed by atoms with Crippen molar-refractivity contribution in [3.8, 4) is 0 Å². The molecule has 2 unspecified atom stereocenters. The van der Waals surface area contributed by atoms with Gasteiger partial charge >= 0.3 is 0 Å². The van der Waals surface area contributed by atoms with E-state index in [1.165, 1.54) is 38.5 Å². The summed E-state index contributed by atoms with van der Waals surface area (Å²) in [6.45, 7) is 7.06. The molecule has 0 spiro atoms. The molecule has 6 nitrogen and oxygen atoms in total. The van der Waals surface area contributed by atoms with Crippen molar-refractivity contribution >= 4 is 11.9 Å². The average molecular weight is 367 g/mol. The van der Waals surface area contributed by atoms with E-state index in [-0.39, 0.29) is 12.5 Å². The minimum absolute atomic E-state index is 0.0280. The Morgan fingerprint density at radius 3 is 2.62 bits per heavy atom. The number of nitrogens with zero attached hydrogens (tertiary/aromatic N) is 2. The zero-order valence-electron chi connectivity index (χ0n) is 17.1. The van der Waals surface area contributed by atoms with E-state index in [9.17, 15) is 4.79 Å². The van der Waals surface area contributed by atoms with Gasteiger partial charge in [-0.2, -0.15) is 0 Å². The molecule has 0 saturated heterocycles. The Morgan fingerprint density at radius 1 is 1.27 bits per heavy atom. The third-order valence-electron chi connectivity index (χ3n) is 5.87. The quantitative estimate of drug-likeness (QED) is 0.374. The van der Waals surface area contributed by atoms with Crippen molar-refractivity contribution in [3.05, 3.63) is 0 Å². The molecule has 0 radical (unpaired) electrons. The Labute approximate surface area is 159 Å². The van der Waals surface area contributed by atoms with Gasteiger partial charge in [-0.05, 0) is 50.4 Å². The van der Waals surface area contributed by atoms with Gasteiger partial charge in [0.1, 0.15) is 6.54 Å². The molecule has 2 N–H and O–H groups in total. The van der Waals surface area contributed by atoms with Gasteiger partial charge in [0.05, 0.1) is 0 Å². The summed E-state index contributed by atoms with van der Waals surface area (Å²) >= 11 is 0. The highest BCUT2D eigenvalue weighted by Gasteiger charge is 2.42. The van der Waals surface area contributed by atoms with Gasteiger partial charge in [-0.1, -0.05) is 19.8 Å². The number of hydrogen-bond acceptors (Lipinski definition) is 3. The van der Waals surface area contributed by atoms with E-state index in [1.54, 1.807) is 19.0 Å². The summed E-state index contributed by atoms with van der Waals surface area (Å²) in [4.78, 5) is 18.1. The molecule has 26 heavy (non-hydrogen) atoms. The molecule has 0 bridgehead atoms. The number of amides is 1. The van der Waals surface area contributed by atoms with Crippen LogP contribution in [0.4, 0.5) is 0 Å². The van der Waals surface area contributed by atoms with Crippen LogP contribution in [-0.2, 0) is 9.53 Å². The summed E-state index contributed by atoms with van der Waals surface area (Å²) in [7, 11) is 3.54. The van der Waals surface area contributed by atoms with Crippen LogP contribution in [0.1, 0.15) is 58.8 Å². The van der Waals surface area contributed by atoms with E-state index < -0.39 is 0 Å². The second-order valence-electron chi connectivity index (χ2n) is 8.27. The molecule has 2 atom stereocenters. The van der Waals surface area contributed by atoms with Gasteiger partial charge in [0.2, 0.25) is 5.91 Å². The van der Waals surface area contributed by atoms with Gasteiger partial charge < -0.3 is 20.3 Å². The van der Waals surface area contributed by atoms with Crippen molar-refractivity contribution < 1.29 is 9.53 Å². The second-order valence-corrected chi connectivity index (χ2v) is 8.27. The Bertz CT molecular complexity index is 474. The van der Waals surface area contributed by atoms with Crippen molar-refractivity contribution in [1.82, 2.24) is 15.5 Å². The maximum atomic E-state index is 11.9. The first-order valence-electron chi connectivity index (χ1n) is 10.3. The number of nitrogens with one attached hydrogen (secondary N) is 2. The minimum Gasteiger partial charge on any atom is -0.382 e. The summed E-state index contributed by atoms with van der Waals surface area (Å²) in [6.07, 6.45) is 8.62. The summed E-state index contributed by atoms with van der Waals surface area (Å²) in [5.74, 6) is 1.47. The summed E-state index contributed by atoms with van der Waals surface area (Å²) in [6, 6.07) is 0.447. The van der Waals surface area contributed by atoms with Gasteiger partial charge in [0.15, 0.2) is 5.96 Å². The van der Waals surface area contributed by atoms with E-state index in [4.69, 9.17) is 4.74 Å². The maximum Gasteiger partial charge on any atom is 0.243 e. The highest BCUT2D eigenvalue weighted by atomic mass is 16.5. The van der Waals surface area contributed by atoms with E-state index in [0.29, 0.717) is 17.4 Å². The molecule has 2 aliphatic carbocycles. The van der Waals surface area contributed by atoms with Gasteiger partial charge in [0, 0.05) is 39.9 Å². The summed E-state index contributed by atoms with van der Waals surface area (Å²) in [5, 5.41) is 7.13. The number of guanidine groups is 1. The van der Waals surface area contributed by atoms with Crippen LogP contribution in [0, 0.1) is 11.3 Å². The molecule has 150 valence electrons. The number of likely N-dealkylation sites (N-methyl/N-ethyl adjacent to an activating group) is 1. The molecule has 2 saturated carbocycles. The smallest absolute Gasteiger partial charge is 0.243 e. The topological polar surface area (TPSA) is 66.0 Å². The zero-order chi connectivity index (χ0) is 19.0. The molecule has 2 rings (SSSR count). The predicted molar refractivity (Wildman–Crippen MR) is 106 cm³/mol. The lowest BCUT2D eigenvalue weighted by Crippen LogP contribution is -2.48. The Morgan fingerprint density at radius 2 is 2.00 bits per heavy atom. The van der Waals surface area contributed by atoms with E-state index in [0.717, 1.165) is 32.1 Å². The van der Waals surface area contributed by atoms with Crippen LogP contribution in [0.15, 0.2) is 4.99 Å². The molecular weight excluding hydrogens is 328 g/mol. The fourth-order valence-electron chi connectivity index (χ4n) is 3.54. The molecule has 1 amide bonds. The number of carbonyl (C=O) groups is 1. The fraction of sp³-hybridized carbons (Fsp3) is 0.900. The lowest BCUT2D eigenvalue weighted by Gasteiger charge is -2.31. The number of hydrogen-bond donors (Lipinski definition) is 2. The molecule has 0 aromatic rings. The highest BCUT2D eigenvalue weighted by molar-refractivity contribution is 5.85. The Kier molecular flexibility index (Phi) is 8.19. The minimum atomic E-state index is 0.0280. The van der Waals surface area contributed by atoms with Crippen LogP contribution in [0.2, 0.25) is 0 Å². The highest BCUT2D eigenvalue weighted by Crippen LogP contribution is 2.48. The fourth-order valence-corrected chi connectivity index (χ4v) is 3.54. The second kappa shape index (κ2) is 10.1. The molecule has 0 heterocycles.